The van der Waals surface area contributed by atoms with Gasteiger partial charge in [0.05, 0.1) is 12.7 Å². The summed E-state index contributed by atoms with van der Waals surface area (Å²) in [5, 5.41) is 0.790. The molecule has 0 N–H and O–H groups in total. The highest BCUT2D eigenvalue weighted by atomic mass is 19.1. The third-order valence-corrected chi connectivity index (χ3v) is 8.35. The van der Waals surface area contributed by atoms with Crippen molar-refractivity contribution in [2.75, 3.05) is 7.11 Å². The molecule has 0 bridgehead atoms. The van der Waals surface area contributed by atoms with Gasteiger partial charge in [0.2, 0.25) is 0 Å². The second-order valence-corrected chi connectivity index (χ2v) is 10.4. The van der Waals surface area contributed by atoms with Crippen LogP contribution in [0.1, 0.15) is 106 Å². The molecule has 0 radical (unpaired) electrons. The van der Waals surface area contributed by atoms with Gasteiger partial charge in [-0.2, -0.15) is 0 Å². The maximum atomic E-state index is 15.5. The number of carbonyl (C=O) groups is 1. The molecule has 0 aromatic heterocycles. The minimum Gasteiger partial charge on any atom is -0.465 e. The van der Waals surface area contributed by atoms with Crippen LogP contribution < -0.4 is 0 Å². The Labute approximate surface area is 197 Å². The van der Waals surface area contributed by atoms with Crippen LogP contribution in [0.25, 0.3) is 10.8 Å². The van der Waals surface area contributed by atoms with Crippen LogP contribution in [0.4, 0.5) is 8.78 Å². The molecular weight excluding hydrogens is 418 g/mol. The molecule has 180 valence electrons. The zero-order chi connectivity index (χ0) is 23.4. The number of carbonyl (C=O) groups excluding carboxylic acids is 1. The van der Waals surface area contributed by atoms with Gasteiger partial charge in [0, 0.05) is 5.39 Å². The molecule has 2 saturated carbocycles. The summed E-state index contributed by atoms with van der Waals surface area (Å²) < 4.78 is 34.6. The lowest BCUT2D eigenvalue weighted by Gasteiger charge is -2.42. The average Bonchev–Trinajstić information content (AvgIpc) is 2.83. The van der Waals surface area contributed by atoms with Gasteiger partial charge in [-0.25, -0.2) is 13.6 Å². The molecule has 0 amide bonds. The highest BCUT2D eigenvalue weighted by molar-refractivity contribution is 5.96. The Hall–Kier alpha value is -1.97. The number of rotatable bonds is 8. The van der Waals surface area contributed by atoms with E-state index in [1.165, 1.54) is 77.4 Å². The van der Waals surface area contributed by atoms with Crippen molar-refractivity contribution >= 4 is 16.7 Å². The SMILES string of the molecule is CCCCCCCC1CCC2CC(c3ccc4cc(C(=O)OC)c(F)cc4c3F)CCC2C1. The topological polar surface area (TPSA) is 26.3 Å². The molecule has 0 saturated heterocycles. The van der Waals surface area contributed by atoms with E-state index in [1.807, 2.05) is 12.1 Å². The van der Waals surface area contributed by atoms with Gasteiger partial charge in [0.1, 0.15) is 11.6 Å². The zero-order valence-electron chi connectivity index (χ0n) is 20.2. The van der Waals surface area contributed by atoms with Crippen LogP contribution in [-0.4, -0.2) is 13.1 Å². The van der Waals surface area contributed by atoms with E-state index in [2.05, 4.69) is 11.7 Å². The molecule has 2 aromatic carbocycles. The van der Waals surface area contributed by atoms with Crippen molar-refractivity contribution in [1.82, 2.24) is 0 Å². The second-order valence-electron chi connectivity index (χ2n) is 10.4. The van der Waals surface area contributed by atoms with Gasteiger partial charge in [0.25, 0.3) is 0 Å². The van der Waals surface area contributed by atoms with Gasteiger partial charge in [-0.1, -0.05) is 64.0 Å². The van der Waals surface area contributed by atoms with Crippen molar-refractivity contribution in [3.63, 3.8) is 0 Å². The molecule has 2 fully saturated rings. The van der Waals surface area contributed by atoms with Crippen molar-refractivity contribution in [1.29, 1.82) is 0 Å². The predicted octanol–water partition coefficient (Wildman–Crippen LogP) is 8.57. The first kappa shape index (κ1) is 24.2. The molecule has 0 heterocycles. The molecule has 2 aromatic rings. The smallest absolute Gasteiger partial charge is 0.340 e. The molecular formula is C29H38F2O2. The Balaban J connectivity index is 1.41. The Bertz CT molecular complexity index is 970. The summed E-state index contributed by atoms with van der Waals surface area (Å²) in [5.74, 6) is 0.758. The first-order valence-electron chi connectivity index (χ1n) is 13.0. The highest BCUT2D eigenvalue weighted by Crippen LogP contribution is 2.49. The summed E-state index contributed by atoms with van der Waals surface area (Å²) in [6.45, 7) is 2.26. The predicted molar refractivity (Wildman–Crippen MR) is 129 cm³/mol. The fourth-order valence-corrected chi connectivity index (χ4v) is 6.48. The lowest BCUT2D eigenvalue weighted by atomic mass is 9.63. The molecule has 4 heteroatoms. The van der Waals surface area contributed by atoms with Crippen LogP contribution in [0.5, 0.6) is 0 Å². The number of benzene rings is 2. The Morgan fingerprint density at radius 1 is 0.970 bits per heavy atom. The van der Waals surface area contributed by atoms with Crippen molar-refractivity contribution < 1.29 is 18.3 Å². The van der Waals surface area contributed by atoms with Crippen LogP contribution in [-0.2, 0) is 4.74 Å². The zero-order valence-corrected chi connectivity index (χ0v) is 20.2. The lowest BCUT2D eigenvalue weighted by molar-refractivity contribution is 0.0595. The van der Waals surface area contributed by atoms with Gasteiger partial charge in [-0.05, 0) is 78.9 Å². The van der Waals surface area contributed by atoms with E-state index in [9.17, 15) is 9.18 Å². The molecule has 2 nitrogen and oxygen atoms in total. The van der Waals surface area contributed by atoms with Crippen LogP contribution >= 0.6 is 0 Å². The fourth-order valence-electron chi connectivity index (χ4n) is 6.48. The van der Waals surface area contributed by atoms with E-state index in [1.54, 1.807) is 0 Å². The molecule has 4 rings (SSSR count). The van der Waals surface area contributed by atoms with Gasteiger partial charge >= 0.3 is 5.97 Å². The Morgan fingerprint density at radius 2 is 1.73 bits per heavy atom. The molecule has 0 aliphatic heterocycles. The van der Waals surface area contributed by atoms with E-state index in [-0.39, 0.29) is 22.7 Å². The summed E-state index contributed by atoms with van der Waals surface area (Å²) in [5.41, 5.74) is 0.559. The molecule has 4 atom stereocenters. The number of unbranched alkanes of at least 4 members (excludes halogenated alkanes) is 4. The molecule has 4 unspecified atom stereocenters. The van der Waals surface area contributed by atoms with Crippen molar-refractivity contribution in [2.24, 2.45) is 17.8 Å². The van der Waals surface area contributed by atoms with E-state index in [0.717, 1.165) is 30.7 Å². The van der Waals surface area contributed by atoms with Crippen LogP contribution in [0.15, 0.2) is 24.3 Å². The number of esters is 1. The summed E-state index contributed by atoms with van der Waals surface area (Å²) in [4.78, 5) is 11.8. The van der Waals surface area contributed by atoms with E-state index in [0.29, 0.717) is 16.9 Å². The number of methoxy groups -OCH3 is 1. The third-order valence-electron chi connectivity index (χ3n) is 8.35. The largest absolute Gasteiger partial charge is 0.465 e. The number of fused-ring (bicyclic) bond motifs is 2. The number of ether oxygens (including phenoxy) is 1. The van der Waals surface area contributed by atoms with Gasteiger partial charge < -0.3 is 4.74 Å². The second kappa shape index (κ2) is 11.0. The Kier molecular flexibility index (Phi) is 8.03. The monoisotopic (exact) mass is 456 g/mol. The van der Waals surface area contributed by atoms with Crippen molar-refractivity contribution in [3.8, 4) is 0 Å². The van der Waals surface area contributed by atoms with Gasteiger partial charge in [-0.15, -0.1) is 0 Å². The average molecular weight is 457 g/mol. The summed E-state index contributed by atoms with van der Waals surface area (Å²) in [7, 11) is 1.22. The van der Waals surface area contributed by atoms with Crippen molar-refractivity contribution in [3.05, 3.63) is 47.0 Å². The maximum absolute atomic E-state index is 15.5. The number of hydrogen-bond donors (Lipinski definition) is 0. The summed E-state index contributed by atoms with van der Waals surface area (Å²) in [6.07, 6.45) is 15.4. The van der Waals surface area contributed by atoms with Gasteiger partial charge in [-0.3, -0.25) is 0 Å². The van der Waals surface area contributed by atoms with Crippen LogP contribution in [0, 0.1) is 29.4 Å². The molecule has 2 aliphatic rings. The summed E-state index contributed by atoms with van der Waals surface area (Å²) in [6, 6.07) is 6.21. The van der Waals surface area contributed by atoms with Crippen molar-refractivity contribution in [2.45, 2.75) is 89.9 Å². The minimum atomic E-state index is -0.742. The quantitative estimate of drug-likeness (QED) is 0.294. The Morgan fingerprint density at radius 3 is 2.52 bits per heavy atom. The van der Waals surface area contributed by atoms with E-state index >= 15 is 4.39 Å². The van der Waals surface area contributed by atoms with E-state index in [4.69, 9.17) is 0 Å². The van der Waals surface area contributed by atoms with Crippen LogP contribution in [0.2, 0.25) is 0 Å². The van der Waals surface area contributed by atoms with Crippen LogP contribution in [0.3, 0.4) is 0 Å². The minimum absolute atomic E-state index is 0.153. The fraction of sp³-hybridized carbons (Fsp3) is 0.621. The third kappa shape index (κ3) is 5.41. The molecule has 2 aliphatic carbocycles. The number of halogens is 2. The highest BCUT2D eigenvalue weighted by Gasteiger charge is 2.36. The summed E-state index contributed by atoms with van der Waals surface area (Å²) >= 11 is 0. The van der Waals surface area contributed by atoms with Gasteiger partial charge in [0.15, 0.2) is 0 Å². The molecule has 0 spiro atoms. The maximum Gasteiger partial charge on any atom is 0.340 e. The number of hydrogen-bond acceptors (Lipinski definition) is 2. The molecule has 33 heavy (non-hydrogen) atoms. The lowest BCUT2D eigenvalue weighted by Crippen LogP contribution is -2.30. The first-order chi connectivity index (χ1) is 16.0. The van der Waals surface area contributed by atoms with E-state index < -0.39 is 11.8 Å². The first-order valence-corrected chi connectivity index (χ1v) is 13.0. The standard InChI is InChI=1S/C29H38F2O2/c1-3-4-5-6-7-8-19-9-10-21-16-22(12-11-20(21)15-19)24-14-13-23-17-26(29(32)33-2)27(30)18-25(23)28(24)31/h13-14,17-22H,3-12,15-16H2,1-2H3. The normalized spacial score (nSPS) is 25.1.